The van der Waals surface area contributed by atoms with Gasteiger partial charge in [0.25, 0.3) is 5.91 Å². The number of carbonyl (C=O) groups is 1. The molecule has 0 aliphatic heterocycles. The Morgan fingerprint density at radius 1 is 1.08 bits per heavy atom. The van der Waals surface area contributed by atoms with E-state index < -0.39 is 0 Å². The molecule has 0 spiro atoms. The van der Waals surface area contributed by atoms with Gasteiger partial charge < -0.3 is 9.72 Å². The maximum absolute atomic E-state index is 12.2. The quantitative estimate of drug-likeness (QED) is 0.597. The molecular weight excluding hydrogens is 326 g/mol. The van der Waals surface area contributed by atoms with Gasteiger partial charge in [-0.15, -0.1) is 0 Å². The van der Waals surface area contributed by atoms with Crippen molar-refractivity contribution in [1.29, 1.82) is 0 Å². The molecule has 130 valence electrons. The molecule has 1 N–H and O–H groups in total. The number of ether oxygens (including phenoxy) is 1. The predicted octanol–water partition coefficient (Wildman–Crippen LogP) is 4.37. The molecule has 2 heterocycles. The van der Waals surface area contributed by atoms with Crippen LogP contribution in [0.3, 0.4) is 0 Å². The molecule has 0 unspecified atom stereocenters. The van der Waals surface area contributed by atoms with Gasteiger partial charge in [0.2, 0.25) is 0 Å². The van der Waals surface area contributed by atoms with E-state index in [0.29, 0.717) is 5.75 Å². The van der Waals surface area contributed by atoms with Gasteiger partial charge >= 0.3 is 0 Å². The number of aryl methyl sites for hydroxylation is 2. The van der Waals surface area contributed by atoms with Crippen molar-refractivity contribution in [2.24, 2.45) is 0 Å². The largest absolute Gasteiger partial charge is 0.484 e. The molecule has 0 saturated carbocycles. The Balaban J connectivity index is 1.46. The molecule has 5 nitrogen and oxygen atoms in total. The number of rotatable bonds is 4. The first-order chi connectivity index (χ1) is 12.6. The summed E-state index contributed by atoms with van der Waals surface area (Å²) in [6, 6.07) is 19.9. The molecule has 0 atom stereocenters. The second-order valence-corrected chi connectivity index (χ2v) is 6.32. The van der Waals surface area contributed by atoms with Crippen LogP contribution >= 0.6 is 0 Å². The van der Waals surface area contributed by atoms with Crippen molar-refractivity contribution < 1.29 is 9.53 Å². The Hall–Kier alpha value is -3.34. The van der Waals surface area contributed by atoms with Crippen molar-refractivity contribution in [3.05, 3.63) is 72.1 Å². The average Bonchev–Trinajstić information content (AvgIpc) is 3.22. The smallest absolute Gasteiger partial charge is 0.284 e. The van der Waals surface area contributed by atoms with E-state index in [4.69, 9.17) is 4.74 Å². The van der Waals surface area contributed by atoms with Gasteiger partial charge in [-0.2, -0.15) is 5.10 Å². The molecule has 2 aromatic heterocycles. The Morgan fingerprint density at radius 2 is 1.85 bits per heavy atom. The number of hydrogen-bond acceptors (Lipinski definition) is 3. The maximum Gasteiger partial charge on any atom is 0.284 e. The van der Waals surface area contributed by atoms with Gasteiger partial charge in [-0.1, -0.05) is 18.2 Å². The van der Waals surface area contributed by atoms with E-state index in [0.717, 1.165) is 28.2 Å². The van der Waals surface area contributed by atoms with Gasteiger partial charge in [-0.3, -0.25) is 4.79 Å². The molecule has 0 aliphatic rings. The fraction of sp³-hybridized carbons (Fsp3) is 0.143. The van der Waals surface area contributed by atoms with Crippen molar-refractivity contribution in [3.63, 3.8) is 0 Å². The molecule has 0 saturated heterocycles. The number of hydrogen-bond donors (Lipinski definition) is 1. The summed E-state index contributed by atoms with van der Waals surface area (Å²) < 4.78 is 7.00. The van der Waals surface area contributed by atoms with Crippen LogP contribution in [0, 0.1) is 13.8 Å². The number of para-hydroxylation sites is 1. The zero-order valence-corrected chi connectivity index (χ0v) is 14.7. The molecule has 0 aliphatic carbocycles. The Morgan fingerprint density at radius 3 is 2.54 bits per heavy atom. The van der Waals surface area contributed by atoms with Crippen molar-refractivity contribution >= 4 is 16.8 Å². The standard InChI is InChI=1S/C21H19N3O2/c1-14-11-15(2)24(23-14)21(25)13-26-18-9-7-16(8-10-18)20-12-17-5-3-4-6-19(17)22-20/h3-12,22H,13H2,1-2H3. The van der Waals surface area contributed by atoms with Gasteiger partial charge in [-0.05, 0) is 61.9 Å². The number of aromatic nitrogens is 3. The van der Waals surface area contributed by atoms with E-state index in [2.05, 4.69) is 28.3 Å². The zero-order valence-electron chi connectivity index (χ0n) is 14.7. The highest BCUT2D eigenvalue weighted by Gasteiger charge is 2.11. The number of nitrogens with one attached hydrogen (secondary N) is 1. The van der Waals surface area contributed by atoms with Gasteiger partial charge in [-0.25, -0.2) is 4.68 Å². The topological polar surface area (TPSA) is 59.9 Å². The van der Waals surface area contributed by atoms with Crippen molar-refractivity contribution in [2.75, 3.05) is 6.61 Å². The molecule has 0 amide bonds. The predicted molar refractivity (Wildman–Crippen MR) is 102 cm³/mol. The van der Waals surface area contributed by atoms with Crippen LogP contribution in [0.1, 0.15) is 16.2 Å². The first-order valence-electron chi connectivity index (χ1n) is 8.47. The van der Waals surface area contributed by atoms with E-state index in [1.807, 2.05) is 56.3 Å². The van der Waals surface area contributed by atoms with Crippen LogP contribution in [-0.4, -0.2) is 27.3 Å². The van der Waals surface area contributed by atoms with Crippen LogP contribution in [0.2, 0.25) is 0 Å². The van der Waals surface area contributed by atoms with Gasteiger partial charge in [0, 0.05) is 22.3 Å². The molecule has 0 bridgehead atoms. The molecule has 4 aromatic rings. The second-order valence-electron chi connectivity index (χ2n) is 6.32. The summed E-state index contributed by atoms with van der Waals surface area (Å²) in [7, 11) is 0. The molecule has 2 aromatic carbocycles. The first kappa shape index (κ1) is 16.1. The minimum Gasteiger partial charge on any atom is -0.484 e. The minimum absolute atomic E-state index is 0.0479. The van der Waals surface area contributed by atoms with E-state index in [1.165, 1.54) is 10.1 Å². The number of aromatic amines is 1. The SMILES string of the molecule is Cc1cc(C)n(C(=O)COc2ccc(-c3cc4ccccc4[nH]3)cc2)n1. The van der Waals surface area contributed by atoms with Crippen LogP contribution in [0.15, 0.2) is 60.7 Å². The summed E-state index contributed by atoms with van der Waals surface area (Å²) in [5, 5.41) is 5.36. The average molecular weight is 345 g/mol. The lowest BCUT2D eigenvalue weighted by Crippen LogP contribution is -2.21. The zero-order chi connectivity index (χ0) is 18.1. The number of fused-ring (bicyclic) bond motifs is 1. The Bertz CT molecular complexity index is 1040. The number of H-pyrrole nitrogens is 1. The summed E-state index contributed by atoms with van der Waals surface area (Å²) in [5.41, 5.74) is 4.86. The van der Waals surface area contributed by atoms with E-state index in [9.17, 15) is 4.79 Å². The highest BCUT2D eigenvalue weighted by molar-refractivity contribution is 5.85. The number of carbonyl (C=O) groups excluding carboxylic acids is 1. The normalized spacial score (nSPS) is 11.0. The highest BCUT2D eigenvalue weighted by Crippen LogP contribution is 2.25. The fourth-order valence-corrected chi connectivity index (χ4v) is 3.05. The summed E-state index contributed by atoms with van der Waals surface area (Å²) >= 11 is 0. The third-order valence-electron chi connectivity index (χ3n) is 4.30. The molecule has 4 rings (SSSR count). The van der Waals surface area contributed by atoms with Gasteiger partial charge in [0.1, 0.15) is 5.75 Å². The summed E-state index contributed by atoms with van der Waals surface area (Å²) in [4.78, 5) is 15.6. The van der Waals surface area contributed by atoms with Gasteiger partial charge in [0.05, 0.1) is 5.69 Å². The van der Waals surface area contributed by atoms with Crippen LogP contribution in [0.5, 0.6) is 5.75 Å². The first-order valence-corrected chi connectivity index (χ1v) is 8.47. The fourth-order valence-electron chi connectivity index (χ4n) is 3.05. The molecule has 0 fully saturated rings. The van der Waals surface area contributed by atoms with Crippen LogP contribution in [0.25, 0.3) is 22.2 Å². The molecule has 5 heteroatoms. The lowest BCUT2D eigenvalue weighted by atomic mass is 10.1. The van der Waals surface area contributed by atoms with Crippen molar-refractivity contribution in [2.45, 2.75) is 13.8 Å². The summed E-state index contributed by atoms with van der Waals surface area (Å²) in [6.45, 7) is 3.67. The lowest BCUT2D eigenvalue weighted by Gasteiger charge is -2.07. The minimum atomic E-state index is -0.185. The molecular formula is C21H19N3O2. The summed E-state index contributed by atoms with van der Waals surface area (Å²) in [5.74, 6) is 0.468. The monoisotopic (exact) mass is 345 g/mol. The van der Waals surface area contributed by atoms with Gasteiger partial charge in [0.15, 0.2) is 6.61 Å². The second kappa shape index (κ2) is 6.52. The van der Waals surface area contributed by atoms with E-state index in [1.54, 1.807) is 0 Å². The Labute approximate surface area is 151 Å². The third-order valence-corrected chi connectivity index (χ3v) is 4.30. The lowest BCUT2D eigenvalue weighted by molar-refractivity contribution is 0.0818. The maximum atomic E-state index is 12.2. The van der Waals surface area contributed by atoms with Crippen molar-refractivity contribution in [1.82, 2.24) is 14.8 Å². The van der Waals surface area contributed by atoms with E-state index >= 15 is 0 Å². The van der Waals surface area contributed by atoms with Crippen LogP contribution in [0.4, 0.5) is 0 Å². The van der Waals surface area contributed by atoms with E-state index in [-0.39, 0.29) is 12.5 Å². The van der Waals surface area contributed by atoms with Crippen LogP contribution < -0.4 is 4.74 Å². The van der Waals surface area contributed by atoms with Crippen LogP contribution in [-0.2, 0) is 0 Å². The summed E-state index contributed by atoms with van der Waals surface area (Å²) in [6.07, 6.45) is 0. The van der Waals surface area contributed by atoms with Crippen molar-refractivity contribution in [3.8, 4) is 17.0 Å². The molecule has 26 heavy (non-hydrogen) atoms. The Kier molecular flexibility index (Phi) is 4.05. The molecule has 0 radical (unpaired) electrons. The highest BCUT2D eigenvalue weighted by atomic mass is 16.5. The number of nitrogens with zero attached hydrogens (tertiary/aromatic N) is 2. The number of benzene rings is 2. The third kappa shape index (κ3) is 3.11.